The van der Waals surface area contributed by atoms with E-state index in [1.165, 1.54) is 64.2 Å². The van der Waals surface area contributed by atoms with Crippen LogP contribution in [-0.4, -0.2) is 93.1 Å². The lowest BCUT2D eigenvalue weighted by molar-refractivity contribution is -0.145. The zero-order valence-corrected chi connectivity index (χ0v) is 35.7. The van der Waals surface area contributed by atoms with Crippen LogP contribution in [0.1, 0.15) is 196 Å². The molecule has 0 spiro atoms. The van der Waals surface area contributed by atoms with Gasteiger partial charge < -0.3 is 23.8 Å². The molecular weight excluding hydrogens is 668 g/mol. The van der Waals surface area contributed by atoms with E-state index < -0.39 is 6.16 Å². The Labute approximate surface area is 327 Å². The number of carbonyl (C=O) groups is 3. The van der Waals surface area contributed by atoms with E-state index >= 15 is 0 Å². The third-order valence-electron chi connectivity index (χ3n) is 10.4. The Morgan fingerprint density at radius 3 is 1.55 bits per heavy atom. The standard InChI is InChI=1S/C44H86N2O7/c1-7-13-17-20-21-22-25-31-42(47)50-37-35-46(34-33-45(11-5)12-6)36-38-51-44(49)53-41(29-24-19-15-9-3)30-26-32-43(48)52-39-40(27-16-10-4)28-23-18-14-8-2/h40-41H,7-39H2,1-6H3. The molecule has 0 aliphatic rings. The Bertz CT molecular complexity index is 839. The van der Waals surface area contributed by atoms with E-state index in [9.17, 15) is 14.4 Å². The second-order valence-corrected chi connectivity index (χ2v) is 15.1. The van der Waals surface area contributed by atoms with Crippen LogP contribution < -0.4 is 0 Å². The zero-order valence-electron chi connectivity index (χ0n) is 35.7. The molecule has 9 heteroatoms. The Balaban J connectivity index is 4.82. The summed E-state index contributed by atoms with van der Waals surface area (Å²) in [5.41, 5.74) is 0. The van der Waals surface area contributed by atoms with E-state index in [2.05, 4.69) is 51.3 Å². The van der Waals surface area contributed by atoms with Gasteiger partial charge in [0.25, 0.3) is 0 Å². The summed E-state index contributed by atoms with van der Waals surface area (Å²) < 4.78 is 22.7. The summed E-state index contributed by atoms with van der Waals surface area (Å²) in [5.74, 6) is 0.165. The molecule has 0 rings (SSSR count). The largest absolute Gasteiger partial charge is 0.508 e. The minimum absolute atomic E-state index is 0.130. The first-order valence-corrected chi connectivity index (χ1v) is 22.4. The first-order chi connectivity index (χ1) is 25.8. The van der Waals surface area contributed by atoms with E-state index in [4.69, 9.17) is 18.9 Å². The number of rotatable bonds is 39. The molecular formula is C44H86N2O7. The summed E-state index contributed by atoms with van der Waals surface area (Å²) in [6, 6.07) is 0. The van der Waals surface area contributed by atoms with Gasteiger partial charge in [0, 0.05) is 39.0 Å². The van der Waals surface area contributed by atoms with Crippen molar-refractivity contribution in [2.75, 3.05) is 59.1 Å². The molecule has 0 aromatic heterocycles. The van der Waals surface area contributed by atoms with Crippen molar-refractivity contribution in [2.45, 2.75) is 202 Å². The fraction of sp³-hybridized carbons (Fsp3) is 0.932. The van der Waals surface area contributed by atoms with Gasteiger partial charge in [-0.2, -0.15) is 0 Å². The highest BCUT2D eigenvalue weighted by Crippen LogP contribution is 2.19. The van der Waals surface area contributed by atoms with Gasteiger partial charge >= 0.3 is 18.1 Å². The Hall–Kier alpha value is -1.87. The van der Waals surface area contributed by atoms with Crippen LogP contribution in [-0.2, 0) is 28.5 Å². The van der Waals surface area contributed by atoms with Crippen LogP contribution in [0.5, 0.6) is 0 Å². The van der Waals surface area contributed by atoms with E-state index in [1.54, 1.807) is 0 Å². The van der Waals surface area contributed by atoms with Gasteiger partial charge in [-0.05, 0) is 64.0 Å². The van der Waals surface area contributed by atoms with Crippen LogP contribution in [0.2, 0.25) is 0 Å². The topological polar surface area (TPSA) is 94.6 Å². The molecule has 2 unspecified atom stereocenters. The number of esters is 2. The third-order valence-corrected chi connectivity index (χ3v) is 10.4. The van der Waals surface area contributed by atoms with Crippen molar-refractivity contribution < 1.29 is 33.3 Å². The van der Waals surface area contributed by atoms with Crippen molar-refractivity contribution in [1.29, 1.82) is 0 Å². The Morgan fingerprint density at radius 2 is 0.925 bits per heavy atom. The number of hydrogen-bond donors (Lipinski definition) is 0. The third kappa shape index (κ3) is 33.2. The Kier molecular flexibility index (Phi) is 37.1. The summed E-state index contributed by atoms with van der Waals surface area (Å²) in [7, 11) is 0. The number of nitrogens with zero attached hydrogens (tertiary/aromatic N) is 2. The van der Waals surface area contributed by atoms with Gasteiger partial charge in [0.2, 0.25) is 0 Å². The lowest BCUT2D eigenvalue weighted by Crippen LogP contribution is -2.39. The predicted molar refractivity (Wildman–Crippen MR) is 219 cm³/mol. The van der Waals surface area contributed by atoms with Gasteiger partial charge in [-0.25, -0.2) is 4.79 Å². The average molecular weight is 755 g/mol. The molecule has 0 aromatic carbocycles. The molecule has 0 saturated heterocycles. The maximum absolute atomic E-state index is 12.8. The van der Waals surface area contributed by atoms with E-state index in [-0.39, 0.29) is 24.6 Å². The number of carbonyl (C=O) groups excluding carboxylic acids is 3. The number of hydrogen-bond acceptors (Lipinski definition) is 9. The molecule has 9 nitrogen and oxygen atoms in total. The van der Waals surface area contributed by atoms with E-state index in [0.717, 1.165) is 90.4 Å². The molecule has 0 fully saturated rings. The molecule has 0 saturated carbocycles. The molecule has 0 aromatic rings. The highest BCUT2D eigenvalue weighted by atomic mass is 16.7. The summed E-state index contributed by atoms with van der Waals surface area (Å²) in [4.78, 5) is 42.4. The lowest BCUT2D eigenvalue weighted by atomic mass is 9.96. The summed E-state index contributed by atoms with van der Waals surface area (Å²) >= 11 is 0. The normalized spacial score (nSPS) is 12.6. The van der Waals surface area contributed by atoms with Crippen LogP contribution in [0, 0.1) is 5.92 Å². The van der Waals surface area contributed by atoms with Crippen molar-refractivity contribution in [3.63, 3.8) is 0 Å². The predicted octanol–water partition coefficient (Wildman–Crippen LogP) is 11.3. The van der Waals surface area contributed by atoms with Crippen molar-refractivity contribution >= 4 is 18.1 Å². The molecule has 0 heterocycles. The van der Waals surface area contributed by atoms with Crippen LogP contribution >= 0.6 is 0 Å². The van der Waals surface area contributed by atoms with Crippen LogP contribution in [0.4, 0.5) is 4.79 Å². The van der Waals surface area contributed by atoms with Gasteiger partial charge in [0.15, 0.2) is 0 Å². The monoisotopic (exact) mass is 755 g/mol. The number of unbranched alkanes of at least 4 members (excludes halogenated alkanes) is 13. The van der Waals surface area contributed by atoms with Crippen molar-refractivity contribution in [3.8, 4) is 0 Å². The van der Waals surface area contributed by atoms with Crippen LogP contribution in [0.25, 0.3) is 0 Å². The second kappa shape index (κ2) is 38.4. The molecule has 2 atom stereocenters. The maximum Gasteiger partial charge on any atom is 0.508 e. The fourth-order valence-corrected chi connectivity index (χ4v) is 6.66. The zero-order chi connectivity index (χ0) is 39.2. The minimum atomic E-state index is -0.653. The highest BCUT2D eigenvalue weighted by Gasteiger charge is 2.18. The second-order valence-electron chi connectivity index (χ2n) is 15.1. The molecule has 53 heavy (non-hydrogen) atoms. The number of likely N-dealkylation sites (N-methyl/N-ethyl adjacent to an activating group) is 1. The van der Waals surface area contributed by atoms with Crippen molar-refractivity contribution in [3.05, 3.63) is 0 Å². The molecule has 0 aliphatic heterocycles. The van der Waals surface area contributed by atoms with Crippen molar-refractivity contribution in [1.82, 2.24) is 9.80 Å². The number of ether oxygens (including phenoxy) is 4. The summed E-state index contributed by atoms with van der Waals surface area (Å²) in [6.45, 7) is 19.0. The maximum atomic E-state index is 12.8. The van der Waals surface area contributed by atoms with Crippen LogP contribution in [0.15, 0.2) is 0 Å². The fourth-order valence-electron chi connectivity index (χ4n) is 6.66. The SMILES string of the molecule is CCCCCCCCCC(=O)OCCN(CCOC(=O)OC(CCCCCC)CCCC(=O)OCC(CCCC)CCCCCC)CCN(CC)CC. The van der Waals surface area contributed by atoms with Gasteiger partial charge in [-0.3, -0.25) is 14.5 Å². The quantitative estimate of drug-likeness (QED) is 0.0345. The Morgan fingerprint density at radius 1 is 0.453 bits per heavy atom. The average Bonchev–Trinajstić information content (AvgIpc) is 3.15. The van der Waals surface area contributed by atoms with Crippen LogP contribution in [0.3, 0.4) is 0 Å². The first kappa shape index (κ1) is 51.1. The highest BCUT2D eigenvalue weighted by molar-refractivity contribution is 5.69. The first-order valence-electron chi connectivity index (χ1n) is 22.4. The molecule has 0 N–H and O–H groups in total. The minimum Gasteiger partial charge on any atom is -0.465 e. The summed E-state index contributed by atoms with van der Waals surface area (Å²) in [6.07, 6.45) is 24.0. The smallest absolute Gasteiger partial charge is 0.465 e. The summed E-state index contributed by atoms with van der Waals surface area (Å²) in [5, 5.41) is 0. The van der Waals surface area contributed by atoms with Gasteiger partial charge in [-0.1, -0.05) is 138 Å². The molecule has 0 aliphatic carbocycles. The lowest BCUT2D eigenvalue weighted by Gasteiger charge is -2.26. The molecule has 0 radical (unpaired) electrons. The van der Waals surface area contributed by atoms with Crippen molar-refractivity contribution in [2.24, 2.45) is 5.92 Å². The van der Waals surface area contributed by atoms with Gasteiger partial charge in [0.1, 0.15) is 19.3 Å². The van der Waals surface area contributed by atoms with Gasteiger partial charge in [0.05, 0.1) is 6.61 Å². The molecule has 314 valence electrons. The van der Waals surface area contributed by atoms with Gasteiger partial charge in [-0.15, -0.1) is 0 Å². The van der Waals surface area contributed by atoms with E-state index in [1.807, 2.05) is 0 Å². The molecule has 0 amide bonds. The van der Waals surface area contributed by atoms with E-state index in [0.29, 0.717) is 57.9 Å². The molecule has 0 bridgehead atoms.